The van der Waals surface area contributed by atoms with Crippen LogP contribution in [0.5, 0.6) is 0 Å². The molecule has 0 saturated heterocycles. The Hall–Kier alpha value is -4.11. The number of pyridine rings is 1. The number of benzene rings is 1. The summed E-state index contributed by atoms with van der Waals surface area (Å²) in [5.74, 6) is -0.395. The minimum Gasteiger partial charge on any atom is -0.396 e. The lowest BCUT2D eigenvalue weighted by atomic mass is 9.67. The molecule has 1 unspecified atom stereocenters. The molecule has 3 heterocycles. The van der Waals surface area contributed by atoms with Gasteiger partial charge in [-0.15, -0.1) is 0 Å². The van der Waals surface area contributed by atoms with Gasteiger partial charge in [0.2, 0.25) is 0 Å². The van der Waals surface area contributed by atoms with Crippen LogP contribution in [-0.2, 0) is 4.79 Å². The van der Waals surface area contributed by atoms with Gasteiger partial charge in [-0.3, -0.25) is 19.7 Å². The third-order valence-electron chi connectivity index (χ3n) is 10.1. The normalized spacial score (nSPS) is 21.8. The molecule has 1 aromatic carbocycles. The fraction of sp³-hybridized carbons (Fsp3) is 0.412. The molecule has 222 valence electrons. The Morgan fingerprint density at radius 2 is 1.93 bits per heavy atom. The number of carbonyl (C=O) groups is 2. The molecule has 43 heavy (non-hydrogen) atoms. The van der Waals surface area contributed by atoms with Gasteiger partial charge in [0.25, 0.3) is 5.91 Å². The molecule has 1 spiro atoms. The van der Waals surface area contributed by atoms with Gasteiger partial charge in [-0.1, -0.05) is 43.5 Å². The number of halogens is 1. The third-order valence-corrected chi connectivity index (χ3v) is 10.1. The maximum absolute atomic E-state index is 13.9. The smallest absolute Gasteiger partial charge is 0.269 e. The highest BCUT2D eigenvalue weighted by Gasteiger charge is 2.46. The van der Waals surface area contributed by atoms with Crippen molar-refractivity contribution in [2.45, 2.75) is 63.7 Å². The molecule has 2 aromatic heterocycles. The first kappa shape index (κ1) is 27.7. The second-order valence-electron chi connectivity index (χ2n) is 12.9. The van der Waals surface area contributed by atoms with E-state index in [0.29, 0.717) is 41.3 Å². The summed E-state index contributed by atoms with van der Waals surface area (Å²) in [6.45, 7) is 0.430. The van der Waals surface area contributed by atoms with E-state index in [1.54, 1.807) is 12.3 Å². The van der Waals surface area contributed by atoms with E-state index in [9.17, 15) is 19.1 Å². The van der Waals surface area contributed by atoms with Crippen LogP contribution in [0.3, 0.4) is 0 Å². The highest BCUT2D eigenvalue weighted by Crippen LogP contribution is 2.53. The first-order chi connectivity index (χ1) is 20.9. The molecule has 2 saturated carbocycles. The lowest BCUT2D eigenvalue weighted by Gasteiger charge is -2.40. The number of allylic oxidation sites excluding steroid dienone is 3. The second-order valence-corrected chi connectivity index (χ2v) is 12.9. The molecule has 2 fully saturated rings. The van der Waals surface area contributed by atoms with Crippen molar-refractivity contribution in [1.82, 2.24) is 20.5 Å². The van der Waals surface area contributed by atoms with Crippen LogP contribution in [-0.4, -0.2) is 45.1 Å². The van der Waals surface area contributed by atoms with Crippen LogP contribution >= 0.6 is 0 Å². The Labute approximate surface area is 249 Å². The quantitative estimate of drug-likeness (QED) is 0.276. The lowest BCUT2D eigenvalue weighted by molar-refractivity contribution is -0.118. The summed E-state index contributed by atoms with van der Waals surface area (Å²) in [5.41, 5.74) is 4.53. The zero-order valence-electron chi connectivity index (χ0n) is 24.1. The largest absolute Gasteiger partial charge is 0.396 e. The first-order valence-corrected chi connectivity index (χ1v) is 15.3. The zero-order chi connectivity index (χ0) is 29.6. The summed E-state index contributed by atoms with van der Waals surface area (Å²) < 4.78 is 13.7. The molecule has 0 radical (unpaired) electrons. The molecule has 9 heteroatoms. The number of fused-ring (bicyclic) bond motifs is 1. The minimum absolute atomic E-state index is 0.000875. The van der Waals surface area contributed by atoms with E-state index in [0.717, 1.165) is 68.2 Å². The fourth-order valence-corrected chi connectivity index (χ4v) is 7.45. The molecule has 1 atom stereocenters. The molecule has 1 amide bonds. The number of rotatable bonds is 7. The van der Waals surface area contributed by atoms with Crippen LogP contribution in [0, 0.1) is 16.6 Å². The molecule has 4 aliphatic rings. The molecule has 7 rings (SSSR count). The Balaban J connectivity index is 1.21. The van der Waals surface area contributed by atoms with Crippen molar-refractivity contribution >= 4 is 23.6 Å². The number of aliphatic hydroxyl groups excluding tert-OH is 1. The van der Waals surface area contributed by atoms with E-state index in [1.165, 1.54) is 12.1 Å². The number of Topliss-reactive ketones (excluding diaryl/α,β-unsaturated/α-hetero) is 1. The van der Waals surface area contributed by atoms with Gasteiger partial charge in [-0.05, 0) is 67.4 Å². The van der Waals surface area contributed by atoms with Crippen LogP contribution in [0.4, 0.5) is 10.2 Å². The van der Waals surface area contributed by atoms with Gasteiger partial charge in [-0.2, -0.15) is 5.10 Å². The standard InChI is InChI=1S/C34H36FN5O3/c35-23-6-3-5-21(15-23)22-7-8-24(36-18-22)9-10-25-28-26(16-33(17-27(28)42)11-1-2-12-33)38-31-29(25)30(39-40-31)32(43)37-19-34(20-41)13-4-14-34/h3,5-10,15,18,25,41H,1-2,4,11-14,16-17,19-20H2,(H,37,43)(H2,38,39,40). The van der Waals surface area contributed by atoms with E-state index in [-0.39, 0.29) is 34.9 Å². The number of aromatic nitrogens is 3. The number of anilines is 1. The van der Waals surface area contributed by atoms with Crippen molar-refractivity contribution < 1.29 is 19.1 Å². The third kappa shape index (κ3) is 5.09. The Kier molecular flexibility index (Phi) is 7.00. The fourth-order valence-electron chi connectivity index (χ4n) is 7.45. The van der Waals surface area contributed by atoms with E-state index in [1.807, 2.05) is 30.4 Å². The van der Waals surface area contributed by atoms with E-state index < -0.39 is 5.92 Å². The Morgan fingerprint density at radius 1 is 1.09 bits per heavy atom. The predicted octanol–water partition coefficient (Wildman–Crippen LogP) is 5.90. The molecule has 3 aromatic rings. The molecule has 8 nitrogen and oxygen atoms in total. The zero-order valence-corrected chi connectivity index (χ0v) is 24.1. The number of ketones is 1. The van der Waals surface area contributed by atoms with Crippen molar-refractivity contribution in [2.24, 2.45) is 10.8 Å². The van der Waals surface area contributed by atoms with Crippen molar-refractivity contribution in [2.75, 3.05) is 18.5 Å². The minimum atomic E-state index is -0.475. The van der Waals surface area contributed by atoms with Gasteiger partial charge in [0, 0.05) is 52.9 Å². The van der Waals surface area contributed by atoms with Crippen molar-refractivity contribution in [1.29, 1.82) is 0 Å². The average molecular weight is 582 g/mol. The monoisotopic (exact) mass is 581 g/mol. The van der Waals surface area contributed by atoms with E-state index in [4.69, 9.17) is 0 Å². The summed E-state index contributed by atoms with van der Waals surface area (Å²) in [5, 5.41) is 23.8. The van der Waals surface area contributed by atoms with Crippen LogP contribution in [0.2, 0.25) is 0 Å². The number of H-pyrrole nitrogens is 1. The maximum atomic E-state index is 13.9. The summed E-state index contributed by atoms with van der Waals surface area (Å²) in [6.07, 6.45) is 14.0. The highest BCUT2D eigenvalue weighted by atomic mass is 19.1. The van der Waals surface area contributed by atoms with Gasteiger partial charge in [0.05, 0.1) is 12.3 Å². The van der Waals surface area contributed by atoms with Crippen molar-refractivity contribution in [3.8, 4) is 11.1 Å². The van der Waals surface area contributed by atoms with Crippen LogP contribution in [0.1, 0.15) is 85.5 Å². The number of hydrogen-bond acceptors (Lipinski definition) is 6. The second kappa shape index (κ2) is 10.9. The lowest BCUT2D eigenvalue weighted by Crippen LogP contribution is -2.45. The number of amides is 1. The van der Waals surface area contributed by atoms with E-state index in [2.05, 4.69) is 25.8 Å². The van der Waals surface area contributed by atoms with Gasteiger partial charge in [0.15, 0.2) is 11.6 Å². The SMILES string of the molecule is O=C1CC2(CCCC2)CC2=C1C(C=Cc1ccc(-c3cccc(F)c3)cn1)c1c(n[nH]c1C(=O)NCC1(CO)CCC1)N2. The molecule has 0 bridgehead atoms. The van der Waals surface area contributed by atoms with Crippen LogP contribution in [0.25, 0.3) is 17.2 Å². The average Bonchev–Trinajstić information content (AvgIpc) is 3.62. The van der Waals surface area contributed by atoms with Crippen molar-refractivity contribution in [3.63, 3.8) is 0 Å². The van der Waals surface area contributed by atoms with Crippen LogP contribution < -0.4 is 10.6 Å². The Morgan fingerprint density at radius 3 is 2.63 bits per heavy atom. The number of carbonyl (C=O) groups excluding carboxylic acids is 2. The number of aromatic amines is 1. The van der Waals surface area contributed by atoms with Gasteiger partial charge < -0.3 is 15.7 Å². The predicted molar refractivity (Wildman–Crippen MR) is 161 cm³/mol. The first-order valence-electron chi connectivity index (χ1n) is 15.3. The number of hydrogen-bond donors (Lipinski definition) is 4. The molecule has 1 aliphatic heterocycles. The van der Waals surface area contributed by atoms with Gasteiger partial charge in [-0.25, -0.2) is 4.39 Å². The maximum Gasteiger partial charge on any atom is 0.269 e. The van der Waals surface area contributed by atoms with Gasteiger partial charge >= 0.3 is 0 Å². The molecular formula is C34H36FN5O3. The molecule has 4 N–H and O–H groups in total. The Bertz CT molecular complexity index is 1620. The number of nitrogens with one attached hydrogen (secondary N) is 3. The topological polar surface area (TPSA) is 120 Å². The summed E-state index contributed by atoms with van der Waals surface area (Å²) in [6, 6.07) is 10.1. The number of aliphatic hydroxyl groups is 1. The van der Waals surface area contributed by atoms with Crippen molar-refractivity contribution in [3.05, 3.63) is 82.7 Å². The highest BCUT2D eigenvalue weighted by molar-refractivity contribution is 6.03. The van der Waals surface area contributed by atoms with E-state index >= 15 is 0 Å². The molecular weight excluding hydrogens is 545 g/mol. The number of nitrogens with zero attached hydrogens (tertiary/aromatic N) is 2. The summed E-state index contributed by atoms with van der Waals surface area (Å²) in [4.78, 5) is 31.9. The molecule has 3 aliphatic carbocycles. The summed E-state index contributed by atoms with van der Waals surface area (Å²) in [7, 11) is 0. The van der Waals surface area contributed by atoms with Crippen LogP contribution in [0.15, 0.2) is 59.9 Å². The summed E-state index contributed by atoms with van der Waals surface area (Å²) >= 11 is 0. The van der Waals surface area contributed by atoms with Gasteiger partial charge in [0.1, 0.15) is 11.5 Å².